The molecule has 9 nitrogen and oxygen atoms in total. The molecule has 0 atom stereocenters. The number of nitrogens with zero attached hydrogens (tertiary/aromatic N) is 3. The van der Waals surface area contributed by atoms with Crippen molar-refractivity contribution >= 4 is 34.7 Å². The minimum atomic E-state index is -0.308. The van der Waals surface area contributed by atoms with Crippen LogP contribution in [0.3, 0.4) is 0 Å². The maximum atomic E-state index is 12.4. The van der Waals surface area contributed by atoms with E-state index in [0.29, 0.717) is 28.8 Å². The Morgan fingerprint density at radius 2 is 1.97 bits per heavy atom. The molecule has 0 radical (unpaired) electrons. The van der Waals surface area contributed by atoms with E-state index in [0.717, 1.165) is 22.2 Å². The number of aromatic amines is 1. The first kappa shape index (κ1) is 24.1. The highest BCUT2D eigenvalue weighted by molar-refractivity contribution is 7.99. The third kappa shape index (κ3) is 5.22. The van der Waals surface area contributed by atoms with Crippen LogP contribution in [-0.4, -0.2) is 42.3 Å². The lowest BCUT2D eigenvalue weighted by Gasteiger charge is -2.12. The van der Waals surface area contributed by atoms with E-state index in [1.54, 1.807) is 20.3 Å². The largest absolute Gasteiger partial charge is 0.872 e. The van der Waals surface area contributed by atoms with Crippen LogP contribution < -0.4 is 24.6 Å². The fraction of sp³-hybridized carbons (Fsp3) is 0.200. The fourth-order valence-electron chi connectivity index (χ4n) is 3.66. The Bertz CT molecular complexity index is 1390. The lowest BCUT2D eigenvalue weighted by Crippen LogP contribution is -2.36. The Morgan fingerprint density at radius 1 is 1.17 bits per heavy atom. The molecule has 0 aliphatic carbocycles. The van der Waals surface area contributed by atoms with Gasteiger partial charge in [-0.05, 0) is 53.2 Å². The van der Waals surface area contributed by atoms with E-state index in [2.05, 4.69) is 20.7 Å². The molecular weight excluding hydrogens is 466 g/mol. The molecule has 0 aliphatic rings. The van der Waals surface area contributed by atoms with Gasteiger partial charge < -0.3 is 14.6 Å². The summed E-state index contributed by atoms with van der Waals surface area (Å²) in [5, 5.41) is 26.0. The number of carbonyl (C=O) groups is 1. The van der Waals surface area contributed by atoms with E-state index in [4.69, 9.17) is 9.47 Å². The number of fused-ring (bicyclic) bond motifs is 1. The number of hydrogen-bond donors (Lipinski definition) is 2. The highest BCUT2D eigenvalue weighted by Crippen LogP contribution is 2.31. The van der Waals surface area contributed by atoms with Crippen molar-refractivity contribution in [1.29, 1.82) is 0 Å². The van der Waals surface area contributed by atoms with E-state index in [-0.39, 0.29) is 17.4 Å². The molecule has 0 unspecified atom stereocenters. The van der Waals surface area contributed by atoms with Gasteiger partial charge in [-0.15, -0.1) is 5.10 Å². The number of carbonyl (C=O) groups excluding carboxylic acids is 1. The third-order valence-corrected chi connectivity index (χ3v) is 6.35. The lowest BCUT2D eigenvalue weighted by atomic mass is 10.0. The normalized spacial score (nSPS) is 11.2. The van der Waals surface area contributed by atoms with Gasteiger partial charge in [0.05, 0.1) is 43.4 Å². The second kappa shape index (κ2) is 10.9. The summed E-state index contributed by atoms with van der Waals surface area (Å²) in [7, 11) is 3.18. The van der Waals surface area contributed by atoms with Crippen LogP contribution in [0.5, 0.6) is 17.2 Å². The molecular formula is C25H25N5O4S. The maximum Gasteiger partial charge on any atom is 0.337 e. The van der Waals surface area contributed by atoms with Crippen LogP contribution in [0.15, 0.2) is 64.9 Å². The number of thioether (sulfide) groups is 1. The summed E-state index contributed by atoms with van der Waals surface area (Å²) >= 11 is 1.28. The topological polar surface area (TPSA) is 116 Å². The molecule has 0 saturated heterocycles. The minimum Gasteiger partial charge on any atom is -0.872 e. The fourth-order valence-corrected chi connectivity index (χ4v) is 4.48. The summed E-state index contributed by atoms with van der Waals surface area (Å²) in [5.74, 6) is 1.68. The van der Waals surface area contributed by atoms with Crippen LogP contribution in [0.4, 0.5) is 0 Å². The number of methoxy groups -OCH3 is 2. The van der Waals surface area contributed by atoms with Crippen molar-refractivity contribution in [3.63, 3.8) is 0 Å². The highest BCUT2D eigenvalue weighted by Gasteiger charge is 2.22. The van der Waals surface area contributed by atoms with Gasteiger partial charge in [-0.25, -0.2) is 9.99 Å². The standard InChI is InChI=1S/C25H25N5O4S/c1-4-30-24(17-10-12-21(33-2)22(13-17)34-3)28-29-25(30)35-15-23(32)27-26-14-19-18-8-6-5-7-16(18)9-11-20(19)31/h5-14H,4,15H2,1-3H3,(H2,26,27,31,32). The molecule has 35 heavy (non-hydrogen) atoms. The second-order valence-corrected chi connectivity index (χ2v) is 8.39. The average molecular weight is 492 g/mol. The minimum absolute atomic E-state index is 0.105. The van der Waals surface area contributed by atoms with Crippen molar-refractivity contribution in [2.75, 3.05) is 20.0 Å². The molecule has 4 aromatic rings. The first-order valence-corrected chi connectivity index (χ1v) is 11.9. The molecule has 1 aromatic heterocycles. The number of rotatable bonds is 9. The van der Waals surface area contributed by atoms with E-state index >= 15 is 0 Å². The first-order chi connectivity index (χ1) is 17.0. The lowest BCUT2D eigenvalue weighted by molar-refractivity contribution is -0.719. The summed E-state index contributed by atoms with van der Waals surface area (Å²) in [4.78, 5) is 12.4. The number of hydrogen-bond acceptors (Lipinski definition) is 7. The quantitative estimate of drug-likeness (QED) is 0.161. The number of ether oxygens (including phenoxy) is 2. The Kier molecular flexibility index (Phi) is 7.51. The molecule has 0 aliphatic heterocycles. The van der Waals surface area contributed by atoms with E-state index < -0.39 is 0 Å². The van der Waals surface area contributed by atoms with Gasteiger partial charge in [-0.1, -0.05) is 42.1 Å². The van der Waals surface area contributed by atoms with Crippen LogP contribution in [0.1, 0.15) is 12.5 Å². The number of nitrogens with one attached hydrogen (secondary N) is 2. The summed E-state index contributed by atoms with van der Waals surface area (Å²) in [6.45, 7) is 2.65. The maximum absolute atomic E-state index is 12.4. The number of aromatic nitrogens is 3. The van der Waals surface area contributed by atoms with Gasteiger partial charge >= 0.3 is 5.16 Å². The van der Waals surface area contributed by atoms with Gasteiger partial charge in [0, 0.05) is 0 Å². The zero-order valence-corrected chi connectivity index (χ0v) is 20.4. The zero-order chi connectivity index (χ0) is 24.8. The Balaban J connectivity index is 1.43. The van der Waals surface area contributed by atoms with Crippen LogP contribution in [-0.2, 0) is 11.3 Å². The van der Waals surface area contributed by atoms with E-state index in [1.165, 1.54) is 24.0 Å². The van der Waals surface area contributed by atoms with Crippen LogP contribution in [0.2, 0.25) is 0 Å². The predicted octanol–water partition coefficient (Wildman–Crippen LogP) is 2.87. The van der Waals surface area contributed by atoms with E-state index in [9.17, 15) is 9.90 Å². The number of benzene rings is 3. The number of hydrazone groups is 1. The van der Waals surface area contributed by atoms with Crippen LogP contribution in [0, 0.1) is 0 Å². The molecule has 2 N–H and O–H groups in total. The van der Waals surface area contributed by atoms with Gasteiger partial charge in [-0.3, -0.25) is 4.79 Å². The van der Waals surface area contributed by atoms with Crippen molar-refractivity contribution in [3.8, 4) is 28.6 Å². The monoisotopic (exact) mass is 491 g/mol. The Morgan fingerprint density at radius 3 is 2.74 bits per heavy atom. The zero-order valence-electron chi connectivity index (χ0n) is 19.6. The highest BCUT2D eigenvalue weighted by atomic mass is 32.2. The summed E-state index contributed by atoms with van der Waals surface area (Å²) in [6, 6.07) is 16.4. The summed E-state index contributed by atoms with van der Waals surface area (Å²) in [6.07, 6.45) is 1.39. The van der Waals surface area contributed by atoms with Crippen molar-refractivity contribution < 1.29 is 23.9 Å². The van der Waals surface area contributed by atoms with Crippen molar-refractivity contribution in [1.82, 2.24) is 15.6 Å². The molecule has 180 valence electrons. The molecule has 0 fully saturated rings. The van der Waals surface area contributed by atoms with Crippen molar-refractivity contribution in [2.24, 2.45) is 5.10 Å². The molecule has 1 amide bonds. The Hall–Kier alpha value is -4.05. The predicted molar refractivity (Wildman–Crippen MR) is 133 cm³/mol. The summed E-state index contributed by atoms with van der Waals surface area (Å²) in [5.41, 5.74) is 3.80. The summed E-state index contributed by atoms with van der Waals surface area (Å²) < 4.78 is 12.7. The molecule has 0 bridgehead atoms. The molecule has 0 spiro atoms. The third-order valence-electron chi connectivity index (χ3n) is 5.38. The van der Waals surface area contributed by atoms with Gasteiger partial charge in [-0.2, -0.15) is 5.10 Å². The first-order valence-electron chi connectivity index (χ1n) is 10.9. The molecule has 1 heterocycles. The van der Waals surface area contributed by atoms with Crippen molar-refractivity contribution in [2.45, 2.75) is 18.6 Å². The SMILES string of the molecule is CC[n+]1c(SCC(=O)N/N=C/c2c([O-])ccc3ccccc23)n[nH]c1-c1ccc(OC)c(OC)c1. The second-order valence-electron chi connectivity index (χ2n) is 7.45. The number of H-pyrrole nitrogens is 1. The van der Waals surface area contributed by atoms with Gasteiger partial charge in [0.1, 0.15) is 0 Å². The van der Waals surface area contributed by atoms with Crippen molar-refractivity contribution in [3.05, 3.63) is 60.2 Å². The Labute approximate surface area is 206 Å². The average Bonchev–Trinajstić information content (AvgIpc) is 3.31. The van der Waals surface area contributed by atoms with Gasteiger partial charge in [0.15, 0.2) is 11.5 Å². The van der Waals surface area contributed by atoms with Crippen LogP contribution >= 0.6 is 11.8 Å². The smallest absolute Gasteiger partial charge is 0.337 e. The van der Waals surface area contributed by atoms with E-state index in [1.807, 2.05) is 54.0 Å². The van der Waals surface area contributed by atoms with Gasteiger partial charge in [0.2, 0.25) is 0 Å². The molecule has 0 saturated carbocycles. The molecule has 10 heteroatoms. The molecule has 4 rings (SSSR count). The molecule has 3 aromatic carbocycles. The van der Waals surface area contributed by atoms with Gasteiger partial charge in [0.25, 0.3) is 11.7 Å². The number of amides is 1. The van der Waals surface area contributed by atoms with Crippen LogP contribution in [0.25, 0.3) is 22.2 Å².